The number of H-pyrrole nitrogens is 1. The molecule has 6 nitrogen and oxygen atoms in total. The molecule has 1 aromatic heterocycles. The molecular weight excluding hydrogens is 314 g/mol. The van der Waals surface area contributed by atoms with E-state index in [2.05, 4.69) is 32.4 Å². The SMILES string of the molecule is CCCNC(=O)c1cccc(C2=NCN3C2=CN(C)c2[nH]ccc23)c1. The first-order valence-corrected chi connectivity index (χ1v) is 8.52. The van der Waals surface area contributed by atoms with Crippen LogP contribution in [0.3, 0.4) is 0 Å². The van der Waals surface area contributed by atoms with Gasteiger partial charge < -0.3 is 20.1 Å². The van der Waals surface area contributed by atoms with Crippen molar-refractivity contribution in [2.75, 3.05) is 30.1 Å². The fourth-order valence-electron chi connectivity index (χ4n) is 3.25. The quantitative estimate of drug-likeness (QED) is 0.903. The number of rotatable bonds is 4. The molecule has 0 spiro atoms. The van der Waals surface area contributed by atoms with Crippen molar-refractivity contribution < 1.29 is 4.79 Å². The van der Waals surface area contributed by atoms with E-state index in [1.54, 1.807) is 0 Å². The molecule has 0 radical (unpaired) electrons. The molecule has 2 N–H and O–H groups in total. The van der Waals surface area contributed by atoms with E-state index < -0.39 is 0 Å². The molecule has 2 aromatic rings. The summed E-state index contributed by atoms with van der Waals surface area (Å²) in [7, 11) is 2.02. The van der Waals surface area contributed by atoms with Crippen LogP contribution in [0.25, 0.3) is 0 Å². The number of hydrogen-bond donors (Lipinski definition) is 2. The molecular formula is C19H21N5O. The number of carbonyl (C=O) groups excluding carboxylic acids is 1. The number of aromatic amines is 1. The first kappa shape index (κ1) is 15.5. The molecule has 128 valence electrons. The number of benzene rings is 1. The third-order valence-corrected chi connectivity index (χ3v) is 4.50. The van der Waals surface area contributed by atoms with Crippen LogP contribution in [0.1, 0.15) is 29.3 Å². The van der Waals surface area contributed by atoms with Crippen LogP contribution in [0.2, 0.25) is 0 Å². The molecule has 0 bridgehead atoms. The maximum Gasteiger partial charge on any atom is 0.251 e. The number of nitrogens with zero attached hydrogens (tertiary/aromatic N) is 3. The second-order valence-corrected chi connectivity index (χ2v) is 6.25. The lowest BCUT2D eigenvalue weighted by Gasteiger charge is -2.29. The van der Waals surface area contributed by atoms with Crippen LogP contribution < -0.4 is 15.1 Å². The number of anilines is 2. The number of fused-ring (bicyclic) bond motifs is 3. The number of aromatic nitrogens is 1. The van der Waals surface area contributed by atoms with Crippen LogP contribution in [0, 0.1) is 0 Å². The van der Waals surface area contributed by atoms with Gasteiger partial charge in [0, 0.05) is 37.1 Å². The van der Waals surface area contributed by atoms with E-state index in [4.69, 9.17) is 4.99 Å². The third kappa shape index (κ3) is 2.59. The Balaban J connectivity index is 1.64. The smallest absolute Gasteiger partial charge is 0.251 e. The average Bonchev–Trinajstić information content (AvgIpc) is 3.26. The highest BCUT2D eigenvalue weighted by molar-refractivity contribution is 6.18. The van der Waals surface area contributed by atoms with Crippen molar-refractivity contribution in [2.24, 2.45) is 4.99 Å². The summed E-state index contributed by atoms with van der Waals surface area (Å²) in [5, 5.41) is 2.92. The minimum absolute atomic E-state index is 0.0400. The third-order valence-electron chi connectivity index (χ3n) is 4.50. The molecule has 0 atom stereocenters. The molecule has 4 rings (SSSR count). The average molecular weight is 335 g/mol. The maximum absolute atomic E-state index is 12.2. The Bertz CT molecular complexity index is 879. The van der Waals surface area contributed by atoms with Crippen LogP contribution in [-0.2, 0) is 0 Å². The maximum atomic E-state index is 12.2. The fraction of sp³-hybridized carbons (Fsp3) is 0.263. The second-order valence-electron chi connectivity index (χ2n) is 6.25. The van der Waals surface area contributed by atoms with Gasteiger partial charge >= 0.3 is 0 Å². The lowest BCUT2D eigenvalue weighted by molar-refractivity contribution is 0.0953. The van der Waals surface area contributed by atoms with Crippen molar-refractivity contribution in [1.29, 1.82) is 0 Å². The summed E-state index contributed by atoms with van der Waals surface area (Å²) < 4.78 is 0. The Hall–Kier alpha value is -3.02. The predicted octanol–water partition coefficient (Wildman–Crippen LogP) is 2.71. The number of hydrogen-bond acceptors (Lipinski definition) is 4. The highest BCUT2D eigenvalue weighted by Crippen LogP contribution is 2.38. The van der Waals surface area contributed by atoms with Gasteiger partial charge in [-0.3, -0.25) is 9.79 Å². The molecule has 0 saturated heterocycles. The van der Waals surface area contributed by atoms with E-state index in [1.807, 2.05) is 44.4 Å². The molecule has 25 heavy (non-hydrogen) atoms. The van der Waals surface area contributed by atoms with E-state index in [0.717, 1.165) is 34.9 Å². The fourth-order valence-corrected chi connectivity index (χ4v) is 3.25. The Kier molecular flexibility index (Phi) is 3.80. The van der Waals surface area contributed by atoms with E-state index in [1.165, 1.54) is 0 Å². The van der Waals surface area contributed by atoms with Gasteiger partial charge in [0.05, 0.1) is 17.1 Å². The zero-order chi connectivity index (χ0) is 17.4. The Morgan fingerprint density at radius 2 is 2.24 bits per heavy atom. The molecule has 0 unspecified atom stereocenters. The normalized spacial score (nSPS) is 15.4. The summed E-state index contributed by atoms with van der Waals surface area (Å²) in [6, 6.07) is 9.74. The highest BCUT2D eigenvalue weighted by Gasteiger charge is 2.31. The Morgan fingerprint density at radius 3 is 3.08 bits per heavy atom. The zero-order valence-electron chi connectivity index (χ0n) is 14.4. The van der Waals surface area contributed by atoms with Crippen LogP contribution in [0.4, 0.5) is 11.5 Å². The number of carbonyl (C=O) groups is 1. The lowest BCUT2D eigenvalue weighted by atomic mass is 10.0. The number of amides is 1. The van der Waals surface area contributed by atoms with Gasteiger partial charge in [-0.1, -0.05) is 19.1 Å². The van der Waals surface area contributed by atoms with Gasteiger partial charge in [0.2, 0.25) is 0 Å². The summed E-state index contributed by atoms with van der Waals surface area (Å²) in [4.78, 5) is 24.5. The van der Waals surface area contributed by atoms with Gasteiger partial charge in [0.25, 0.3) is 5.91 Å². The second kappa shape index (κ2) is 6.12. The summed E-state index contributed by atoms with van der Waals surface area (Å²) in [6.45, 7) is 3.32. The topological polar surface area (TPSA) is 63.7 Å². The molecule has 0 aliphatic carbocycles. The minimum atomic E-state index is -0.0400. The van der Waals surface area contributed by atoms with E-state index in [0.29, 0.717) is 18.8 Å². The highest BCUT2D eigenvalue weighted by atomic mass is 16.1. The van der Waals surface area contributed by atoms with Gasteiger partial charge in [-0.25, -0.2) is 0 Å². The van der Waals surface area contributed by atoms with Crippen LogP contribution >= 0.6 is 0 Å². The Labute approximate surface area is 146 Å². The molecule has 0 saturated carbocycles. The summed E-state index contributed by atoms with van der Waals surface area (Å²) in [5.74, 6) is 1.02. The first-order valence-electron chi connectivity index (χ1n) is 8.52. The lowest BCUT2D eigenvalue weighted by Crippen LogP contribution is -2.29. The standard InChI is InChI=1S/C19H21N5O/c1-3-8-21-19(25)14-6-4-5-13(10-14)17-16-11-23(2)18-15(7-9-20-18)24(16)12-22-17/h4-7,9-11,20H,3,8,12H2,1-2H3,(H,21,25). The molecule has 2 aliphatic heterocycles. The van der Waals surface area contributed by atoms with E-state index in [9.17, 15) is 4.79 Å². The van der Waals surface area contributed by atoms with Crippen molar-refractivity contribution >= 4 is 23.1 Å². The first-order chi connectivity index (χ1) is 12.2. The monoisotopic (exact) mass is 335 g/mol. The Morgan fingerprint density at radius 1 is 1.36 bits per heavy atom. The van der Waals surface area contributed by atoms with Gasteiger partial charge in [0.15, 0.2) is 0 Å². The molecule has 6 heteroatoms. The number of aliphatic imine (C=N–C) groups is 1. The van der Waals surface area contributed by atoms with Crippen LogP contribution in [-0.4, -0.2) is 36.9 Å². The minimum Gasteiger partial charge on any atom is -0.352 e. The zero-order valence-corrected chi connectivity index (χ0v) is 14.4. The largest absolute Gasteiger partial charge is 0.352 e. The van der Waals surface area contributed by atoms with Crippen molar-refractivity contribution in [3.05, 3.63) is 59.6 Å². The molecule has 1 aromatic carbocycles. The molecule has 3 heterocycles. The van der Waals surface area contributed by atoms with Gasteiger partial charge in [0.1, 0.15) is 12.5 Å². The van der Waals surface area contributed by atoms with Crippen LogP contribution in [0.5, 0.6) is 0 Å². The van der Waals surface area contributed by atoms with Crippen molar-refractivity contribution in [1.82, 2.24) is 10.3 Å². The van der Waals surface area contributed by atoms with E-state index in [-0.39, 0.29) is 5.91 Å². The molecule has 0 fully saturated rings. The number of allylic oxidation sites excluding steroid dienone is 1. The predicted molar refractivity (Wildman–Crippen MR) is 100 cm³/mol. The van der Waals surface area contributed by atoms with Gasteiger partial charge in [-0.05, 0) is 24.6 Å². The molecule has 2 aliphatic rings. The van der Waals surface area contributed by atoms with Crippen molar-refractivity contribution in [2.45, 2.75) is 13.3 Å². The molecule has 1 amide bonds. The van der Waals surface area contributed by atoms with E-state index >= 15 is 0 Å². The van der Waals surface area contributed by atoms with Crippen LogP contribution in [0.15, 0.2) is 53.4 Å². The van der Waals surface area contributed by atoms with Crippen molar-refractivity contribution in [3.8, 4) is 0 Å². The summed E-state index contributed by atoms with van der Waals surface area (Å²) in [5.41, 5.74) is 4.73. The van der Waals surface area contributed by atoms with Gasteiger partial charge in [-0.15, -0.1) is 0 Å². The van der Waals surface area contributed by atoms with Crippen molar-refractivity contribution in [3.63, 3.8) is 0 Å². The number of nitrogens with one attached hydrogen (secondary N) is 2. The van der Waals surface area contributed by atoms with Gasteiger partial charge in [-0.2, -0.15) is 0 Å². The summed E-state index contributed by atoms with van der Waals surface area (Å²) >= 11 is 0. The summed E-state index contributed by atoms with van der Waals surface area (Å²) in [6.07, 6.45) is 4.94.